The van der Waals surface area contributed by atoms with E-state index in [0.717, 1.165) is 32.6 Å². The van der Waals surface area contributed by atoms with E-state index in [-0.39, 0.29) is 0 Å². The highest BCUT2D eigenvalue weighted by atomic mass is 16.1. The number of ketones is 1. The lowest BCUT2D eigenvalue weighted by Gasteiger charge is -2.31. The molecular weight excluding hydrogens is 176 g/mol. The van der Waals surface area contributed by atoms with Gasteiger partial charge in [0.1, 0.15) is 5.78 Å². The predicted octanol–water partition coefficient (Wildman–Crippen LogP) is 0.849. The molecule has 0 bridgehead atoms. The van der Waals surface area contributed by atoms with Crippen LogP contribution in [-0.4, -0.2) is 55.4 Å². The van der Waals surface area contributed by atoms with Crippen molar-refractivity contribution < 1.29 is 4.79 Å². The molecule has 1 fully saturated rings. The molecule has 0 aromatic rings. The smallest absolute Gasteiger partial charge is 0.147 e. The van der Waals surface area contributed by atoms with Crippen LogP contribution in [-0.2, 0) is 4.79 Å². The van der Waals surface area contributed by atoms with E-state index in [1.54, 1.807) is 0 Å². The Balaban J connectivity index is 2.20. The minimum absolute atomic E-state index is 0.393. The fraction of sp³-hybridized carbons (Fsp3) is 0.909. The molecule has 0 N–H and O–H groups in total. The van der Waals surface area contributed by atoms with Crippen LogP contribution in [0.15, 0.2) is 0 Å². The summed E-state index contributed by atoms with van der Waals surface area (Å²) in [6, 6.07) is 0. The first kappa shape index (κ1) is 11.7. The molecule has 0 aliphatic carbocycles. The molecule has 3 nitrogen and oxygen atoms in total. The topological polar surface area (TPSA) is 23.6 Å². The summed E-state index contributed by atoms with van der Waals surface area (Å²) < 4.78 is 0. The first-order valence-corrected chi connectivity index (χ1v) is 5.50. The fourth-order valence-corrected chi connectivity index (χ4v) is 1.78. The van der Waals surface area contributed by atoms with Gasteiger partial charge >= 0.3 is 0 Å². The van der Waals surface area contributed by atoms with Crippen LogP contribution in [0.5, 0.6) is 0 Å². The zero-order valence-corrected chi connectivity index (χ0v) is 9.62. The fourth-order valence-electron chi connectivity index (χ4n) is 1.78. The summed E-state index contributed by atoms with van der Waals surface area (Å²) in [6.45, 7) is 9.13. The van der Waals surface area contributed by atoms with Crippen LogP contribution in [0.1, 0.15) is 20.3 Å². The normalized spacial score (nSPS) is 20.3. The second-order valence-electron chi connectivity index (χ2n) is 4.72. The number of hydrogen-bond donors (Lipinski definition) is 0. The second-order valence-corrected chi connectivity index (χ2v) is 4.72. The third kappa shape index (κ3) is 4.20. The first-order chi connectivity index (χ1) is 6.58. The van der Waals surface area contributed by atoms with Gasteiger partial charge in [-0.15, -0.1) is 0 Å². The Morgan fingerprint density at radius 2 is 1.79 bits per heavy atom. The molecule has 0 atom stereocenters. The molecule has 0 spiro atoms. The van der Waals surface area contributed by atoms with E-state index in [9.17, 15) is 4.79 Å². The molecule has 1 heterocycles. The minimum atomic E-state index is 0.393. The van der Waals surface area contributed by atoms with E-state index < -0.39 is 0 Å². The van der Waals surface area contributed by atoms with Gasteiger partial charge in [-0.3, -0.25) is 9.69 Å². The van der Waals surface area contributed by atoms with Crippen molar-refractivity contribution in [2.24, 2.45) is 5.92 Å². The van der Waals surface area contributed by atoms with Crippen LogP contribution in [0.2, 0.25) is 0 Å². The van der Waals surface area contributed by atoms with Gasteiger partial charge in [0.25, 0.3) is 0 Å². The number of rotatable bonds is 4. The van der Waals surface area contributed by atoms with Crippen LogP contribution in [0.4, 0.5) is 0 Å². The summed E-state index contributed by atoms with van der Waals surface area (Å²) >= 11 is 0. The van der Waals surface area contributed by atoms with E-state index in [1.165, 1.54) is 0 Å². The molecule has 0 radical (unpaired) electrons. The molecule has 14 heavy (non-hydrogen) atoms. The molecule has 0 saturated carbocycles. The zero-order chi connectivity index (χ0) is 10.6. The molecule has 82 valence electrons. The Bertz CT molecular complexity index is 184. The molecule has 1 aliphatic heterocycles. The van der Waals surface area contributed by atoms with E-state index in [2.05, 4.69) is 30.7 Å². The number of hydrogen-bond acceptors (Lipinski definition) is 3. The van der Waals surface area contributed by atoms with Gasteiger partial charge in [0.05, 0.1) is 6.54 Å². The molecule has 0 aromatic carbocycles. The molecule has 1 aliphatic rings. The monoisotopic (exact) mass is 198 g/mol. The Morgan fingerprint density at radius 3 is 2.29 bits per heavy atom. The number of Topliss-reactive ketones (excluding diaryl/α,β-unsaturated/α-hetero) is 1. The Hall–Kier alpha value is -0.410. The van der Waals surface area contributed by atoms with Gasteiger partial charge in [0, 0.05) is 32.6 Å². The first-order valence-electron chi connectivity index (χ1n) is 5.50. The number of piperazine rings is 1. The summed E-state index contributed by atoms with van der Waals surface area (Å²) in [5.41, 5.74) is 0. The maximum Gasteiger partial charge on any atom is 0.147 e. The van der Waals surface area contributed by atoms with Gasteiger partial charge in [0.2, 0.25) is 0 Å². The lowest BCUT2D eigenvalue weighted by atomic mass is 10.1. The third-order valence-corrected chi connectivity index (χ3v) is 2.63. The van der Waals surface area contributed by atoms with Crippen LogP contribution < -0.4 is 0 Å². The highest BCUT2D eigenvalue weighted by molar-refractivity contribution is 5.80. The van der Waals surface area contributed by atoms with Crippen molar-refractivity contribution in [3.8, 4) is 0 Å². The maximum absolute atomic E-state index is 11.5. The molecule has 1 rings (SSSR count). The van der Waals surface area contributed by atoms with Crippen molar-refractivity contribution in [2.45, 2.75) is 20.3 Å². The molecule has 3 heteroatoms. The third-order valence-electron chi connectivity index (χ3n) is 2.63. The highest BCUT2D eigenvalue weighted by Crippen LogP contribution is 2.04. The lowest BCUT2D eigenvalue weighted by Crippen LogP contribution is -2.46. The van der Waals surface area contributed by atoms with Crippen molar-refractivity contribution in [3.05, 3.63) is 0 Å². The van der Waals surface area contributed by atoms with Gasteiger partial charge in [-0.05, 0) is 13.0 Å². The molecule has 0 aromatic heterocycles. The van der Waals surface area contributed by atoms with Gasteiger partial charge < -0.3 is 4.90 Å². The summed E-state index contributed by atoms with van der Waals surface area (Å²) in [5.74, 6) is 0.888. The quantitative estimate of drug-likeness (QED) is 0.669. The van der Waals surface area contributed by atoms with Gasteiger partial charge in [0.15, 0.2) is 0 Å². The molecule has 0 amide bonds. The Labute approximate surface area is 87.1 Å². The van der Waals surface area contributed by atoms with E-state index in [1.807, 2.05) is 0 Å². The zero-order valence-electron chi connectivity index (χ0n) is 9.62. The average molecular weight is 198 g/mol. The van der Waals surface area contributed by atoms with Crippen LogP contribution in [0.3, 0.4) is 0 Å². The molecule has 0 unspecified atom stereocenters. The van der Waals surface area contributed by atoms with Crippen molar-refractivity contribution in [1.29, 1.82) is 0 Å². The van der Waals surface area contributed by atoms with E-state index in [0.29, 0.717) is 18.2 Å². The van der Waals surface area contributed by atoms with Crippen LogP contribution in [0, 0.1) is 5.92 Å². The largest absolute Gasteiger partial charge is 0.304 e. The highest BCUT2D eigenvalue weighted by Gasteiger charge is 2.16. The molecule has 1 saturated heterocycles. The lowest BCUT2D eigenvalue weighted by molar-refractivity contribution is -0.121. The molecular formula is C11H22N2O. The summed E-state index contributed by atoms with van der Waals surface area (Å²) in [6.07, 6.45) is 0.729. The number of nitrogens with zero attached hydrogens (tertiary/aromatic N) is 2. The maximum atomic E-state index is 11.5. The average Bonchev–Trinajstić information content (AvgIpc) is 2.07. The van der Waals surface area contributed by atoms with Crippen LogP contribution in [0.25, 0.3) is 0 Å². The standard InChI is InChI=1S/C11H22N2O/c1-10(2)8-11(14)9-13-6-4-12(3)5-7-13/h10H,4-9H2,1-3H3. The van der Waals surface area contributed by atoms with E-state index in [4.69, 9.17) is 0 Å². The van der Waals surface area contributed by atoms with Crippen molar-refractivity contribution in [1.82, 2.24) is 9.80 Å². The Morgan fingerprint density at radius 1 is 1.21 bits per heavy atom. The van der Waals surface area contributed by atoms with Gasteiger partial charge in [-0.1, -0.05) is 13.8 Å². The van der Waals surface area contributed by atoms with Crippen molar-refractivity contribution in [3.63, 3.8) is 0 Å². The number of likely N-dealkylation sites (N-methyl/N-ethyl adjacent to an activating group) is 1. The minimum Gasteiger partial charge on any atom is -0.304 e. The van der Waals surface area contributed by atoms with E-state index >= 15 is 0 Å². The van der Waals surface area contributed by atoms with Gasteiger partial charge in [-0.2, -0.15) is 0 Å². The Kier molecular flexibility index (Phi) is 4.55. The summed E-state index contributed by atoms with van der Waals surface area (Å²) in [4.78, 5) is 16.1. The van der Waals surface area contributed by atoms with Crippen molar-refractivity contribution >= 4 is 5.78 Å². The summed E-state index contributed by atoms with van der Waals surface area (Å²) in [5, 5.41) is 0. The predicted molar refractivity (Wildman–Crippen MR) is 58.4 cm³/mol. The number of carbonyl (C=O) groups is 1. The van der Waals surface area contributed by atoms with Crippen molar-refractivity contribution in [2.75, 3.05) is 39.8 Å². The van der Waals surface area contributed by atoms with Crippen LogP contribution >= 0.6 is 0 Å². The second kappa shape index (κ2) is 5.47. The SMILES string of the molecule is CC(C)CC(=O)CN1CCN(C)CC1. The summed E-state index contributed by atoms with van der Waals surface area (Å²) in [7, 11) is 2.13. The van der Waals surface area contributed by atoms with Gasteiger partial charge in [-0.25, -0.2) is 0 Å². The number of carbonyl (C=O) groups excluding carboxylic acids is 1.